The molecule has 3 aromatic rings. The number of piperidine rings is 1. The minimum absolute atomic E-state index is 0.0230. The van der Waals surface area contributed by atoms with Gasteiger partial charge in [0.2, 0.25) is 11.8 Å². The molecular weight excluding hydrogens is 463 g/mol. The highest BCUT2D eigenvalue weighted by molar-refractivity contribution is 6.33. The van der Waals surface area contributed by atoms with E-state index in [0.717, 1.165) is 0 Å². The molecule has 3 heterocycles. The zero-order valence-corrected chi connectivity index (χ0v) is 18.4. The van der Waals surface area contributed by atoms with E-state index in [9.17, 15) is 18.0 Å². The molecule has 1 N–H and O–H groups in total. The summed E-state index contributed by atoms with van der Waals surface area (Å²) in [7, 11) is 1.71. The molecule has 2 aromatic heterocycles. The van der Waals surface area contributed by atoms with Crippen molar-refractivity contribution in [3.8, 4) is 11.4 Å². The van der Waals surface area contributed by atoms with Gasteiger partial charge in [-0.05, 0) is 31.0 Å². The number of benzene rings is 1. The number of likely N-dealkylation sites (tertiary alicyclic amines) is 1. The fraction of sp³-hybridized carbons (Fsp3) is 0.450. The molecule has 174 valence electrons. The van der Waals surface area contributed by atoms with Crippen molar-refractivity contribution in [1.29, 1.82) is 0 Å². The third-order valence-corrected chi connectivity index (χ3v) is 6.53. The van der Waals surface area contributed by atoms with Crippen LogP contribution in [0.15, 0.2) is 28.9 Å². The summed E-state index contributed by atoms with van der Waals surface area (Å²) in [4.78, 5) is 18.8. The van der Waals surface area contributed by atoms with Gasteiger partial charge in [-0.2, -0.15) is 18.3 Å². The Hall–Kier alpha value is -3.15. The Morgan fingerprint density at radius 2 is 2.09 bits per heavy atom. The van der Waals surface area contributed by atoms with E-state index in [4.69, 9.17) is 16.0 Å². The maximum Gasteiger partial charge on any atom is 0.392 e. The molecule has 1 aliphatic carbocycles. The van der Waals surface area contributed by atoms with Gasteiger partial charge in [0.1, 0.15) is 11.9 Å². The van der Waals surface area contributed by atoms with Crippen molar-refractivity contribution in [3.05, 3.63) is 41.3 Å². The zero-order chi connectivity index (χ0) is 23.5. The molecule has 0 radical (unpaired) electrons. The number of aryl methyl sites for hydroxylation is 2. The van der Waals surface area contributed by atoms with Gasteiger partial charge in [-0.25, -0.2) is 9.78 Å². The van der Waals surface area contributed by atoms with Gasteiger partial charge in [-0.3, -0.25) is 4.68 Å². The lowest BCUT2D eigenvalue weighted by atomic mass is 9.63. The van der Waals surface area contributed by atoms with Gasteiger partial charge in [0.05, 0.1) is 10.9 Å². The van der Waals surface area contributed by atoms with Crippen molar-refractivity contribution < 1.29 is 22.4 Å². The number of nitrogens with zero attached hydrogens (tertiary/aromatic N) is 6. The molecule has 5 rings (SSSR count). The summed E-state index contributed by atoms with van der Waals surface area (Å²) in [5, 5.41) is 15.1. The first-order valence-corrected chi connectivity index (χ1v) is 10.6. The van der Waals surface area contributed by atoms with Gasteiger partial charge < -0.3 is 14.6 Å². The number of nitrogens with one attached hydrogen (secondary N) is 1. The molecule has 0 unspecified atom stereocenters. The summed E-state index contributed by atoms with van der Waals surface area (Å²) < 4.78 is 47.6. The topological polar surface area (TPSA) is 102 Å². The van der Waals surface area contributed by atoms with E-state index in [1.807, 2.05) is 0 Å². The number of hydrogen-bond acceptors (Lipinski definition) is 6. The van der Waals surface area contributed by atoms with Crippen LogP contribution in [0.2, 0.25) is 5.02 Å². The number of amides is 2. The molecule has 1 saturated heterocycles. The van der Waals surface area contributed by atoms with Crippen LogP contribution in [0.5, 0.6) is 0 Å². The number of carbonyl (C=O) groups is 1. The number of aromatic nitrogens is 5. The molecular formula is C20H19ClF3N7O2. The zero-order valence-electron chi connectivity index (χ0n) is 17.6. The average Bonchev–Trinajstić information content (AvgIpc) is 3.37. The minimum atomic E-state index is -4.37. The molecule has 33 heavy (non-hydrogen) atoms. The number of rotatable bonds is 3. The van der Waals surface area contributed by atoms with Gasteiger partial charge in [0.15, 0.2) is 5.82 Å². The highest BCUT2D eigenvalue weighted by Crippen LogP contribution is 2.58. The number of urea groups is 1. The van der Waals surface area contributed by atoms with Crippen molar-refractivity contribution in [3.63, 3.8) is 0 Å². The van der Waals surface area contributed by atoms with E-state index >= 15 is 0 Å². The van der Waals surface area contributed by atoms with Crippen LogP contribution in [0.3, 0.4) is 0 Å². The van der Waals surface area contributed by atoms with E-state index < -0.39 is 29.7 Å². The standard InChI is InChI=1S/C20H19ClF3N7O2/c1-10-27-28-17(33-10)19-7-11(20(22,23)24)5-13(8-19)31(19)18(32)26-12-3-4-15(21)14(6-12)16-25-9-30(2)29-16/h3-4,6,9,11,13H,5,7-8H2,1-2H3,(H,26,32)/t11-,13-,19+/m1/s1. The average molecular weight is 482 g/mol. The van der Waals surface area contributed by atoms with Crippen LogP contribution in [-0.2, 0) is 12.6 Å². The summed E-state index contributed by atoms with van der Waals surface area (Å²) in [6.45, 7) is 1.55. The van der Waals surface area contributed by atoms with Crippen LogP contribution in [0.25, 0.3) is 11.4 Å². The van der Waals surface area contributed by atoms with E-state index in [2.05, 4.69) is 25.6 Å². The number of hydrogen-bond donors (Lipinski definition) is 1. The quantitative estimate of drug-likeness (QED) is 0.598. The Bertz CT molecular complexity index is 1230. The Morgan fingerprint density at radius 1 is 1.30 bits per heavy atom. The maximum absolute atomic E-state index is 13.5. The molecule has 1 aliphatic heterocycles. The van der Waals surface area contributed by atoms with E-state index in [0.29, 0.717) is 28.5 Å². The van der Waals surface area contributed by atoms with Crippen molar-refractivity contribution in [2.75, 3.05) is 5.32 Å². The van der Waals surface area contributed by atoms with Crippen LogP contribution >= 0.6 is 11.6 Å². The third-order valence-electron chi connectivity index (χ3n) is 6.20. The minimum Gasteiger partial charge on any atom is -0.423 e. The van der Waals surface area contributed by atoms with Crippen LogP contribution < -0.4 is 5.32 Å². The second-order valence-electron chi connectivity index (χ2n) is 8.43. The second kappa shape index (κ2) is 7.44. The molecule has 1 saturated carbocycles. The first-order chi connectivity index (χ1) is 15.6. The lowest BCUT2D eigenvalue weighted by molar-refractivity contribution is -0.229. The predicted octanol–water partition coefficient (Wildman–Crippen LogP) is 4.30. The fourth-order valence-electron chi connectivity index (χ4n) is 4.80. The third kappa shape index (κ3) is 3.62. The summed E-state index contributed by atoms with van der Waals surface area (Å²) in [6.07, 6.45) is -3.02. The summed E-state index contributed by atoms with van der Waals surface area (Å²) >= 11 is 6.27. The number of alkyl halides is 3. The SMILES string of the molecule is Cc1nnc([C@@]23C[C@@H](C[C@@H](C(F)(F)F)C2)N3C(=O)Nc2ccc(Cl)c(-c3ncn(C)n3)c2)o1. The van der Waals surface area contributed by atoms with Gasteiger partial charge in [-0.1, -0.05) is 11.6 Å². The lowest BCUT2D eigenvalue weighted by Gasteiger charge is -2.61. The Labute approximate surface area is 190 Å². The monoisotopic (exact) mass is 481 g/mol. The molecule has 0 spiro atoms. The Morgan fingerprint density at radius 3 is 2.73 bits per heavy atom. The number of halogens is 4. The van der Waals surface area contributed by atoms with Gasteiger partial charge in [0.25, 0.3) is 0 Å². The van der Waals surface area contributed by atoms with Crippen LogP contribution in [-0.4, -0.2) is 48.1 Å². The smallest absolute Gasteiger partial charge is 0.392 e. The molecule has 1 aromatic carbocycles. The van der Waals surface area contributed by atoms with Crippen LogP contribution in [0, 0.1) is 12.8 Å². The summed E-state index contributed by atoms with van der Waals surface area (Å²) in [6, 6.07) is 3.67. The van der Waals surface area contributed by atoms with Crippen molar-refractivity contribution >= 4 is 23.3 Å². The first kappa shape index (κ1) is 21.7. The van der Waals surface area contributed by atoms with Gasteiger partial charge >= 0.3 is 12.2 Å². The number of carbonyl (C=O) groups excluding carboxylic acids is 1. The second-order valence-corrected chi connectivity index (χ2v) is 8.84. The van der Waals surface area contributed by atoms with Gasteiger partial charge in [-0.15, -0.1) is 10.2 Å². The number of fused-ring (bicyclic) bond motifs is 2. The van der Waals surface area contributed by atoms with E-state index in [1.54, 1.807) is 32.2 Å². The maximum atomic E-state index is 13.5. The number of anilines is 1. The predicted molar refractivity (Wildman–Crippen MR) is 110 cm³/mol. The van der Waals surface area contributed by atoms with Crippen molar-refractivity contribution in [1.82, 2.24) is 29.9 Å². The highest BCUT2D eigenvalue weighted by Gasteiger charge is 2.66. The van der Waals surface area contributed by atoms with E-state index in [1.165, 1.54) is 15.9 Å². The van der Waals surface area contributed by atoms with Gasteiger partial charge in [0, 0.05) is 37.7 Å². The normalized spacial score (nSPS) is 24.5. The first-order valence-electron chi connectivity index (χ1n) is 10.2. The Kier molecular flexibility index (Phi) is 4.89. The molecule has 2 amide bonds. The van der Waals surface area contributed by atoms with E-state index in [-0.39, 0.29) is 24.6 Å². The van der Waals surface area contributed by atoms with Crippen molar-refractivity contribution in [2.45, 2.75) is 43.9 Å². The van der Waals surface area contributed by atoms with Crippen LogP contribution in [0.4, 0.5) is 23.7 Å². The molecule has 2 aliphatic rings. The molecule has 13 heteroatoms. The Balaban J connectivity index is 1.44. The van der Waals surface area contributed by atoms with Crippen molar-refractivity contribution in [2.24, 2.45) is 13.0 Å². The summed E-state index contributed by atoms with van der Waals surface area (Å²) in [5.41, 5.74) is -0.383. The molecule has 2 fully saturated rings. The highest BCUT2D eigenvalue weighted by atomic mass is 35.5. The molecule has 3 atom stereocenters. The molecule has 9 nitrogen and oxygen atoms in total. The lowest BCUT2D eigenvalue weighted by Crippen LogP contribution is -2.71. The molecule has 2 bridgehead atoms. The fourth-order valence-corrected chi connectivity index (χ4v) is 5.00. The van der Waals surface area contributed by atoms with Crippen LogP contribution in [0.1, 0.15) is 31.0 Å². The largest absolute Gasteiger partial charge is 0.423 e. The summed E-state index contributed by atoms with van der Waals surface area (Å²) in [5.74, 6) is -0.924.